The Morgan fingerprint density at radius 3 is 2.55 bits per heavy atom. The predicted molar refractivity (Wildman–Crippen MR) is 81.3 cm³/mol. The highest BCUT2D eigenvalue weighted by Crippen LogP contribution is 2.40. The molecule has 1 aromatic carbocycles. The van der Waals surface area contributed by atoms with Gasteiger partial charge in [-0.2, -0.15) is 0 Å². The van der Waals surface area contributed by atoms with E-state index in [2.05, 4.69) is 50.0 Å². The number of ether oxygens (including phenoxy) is 1. The van der Waals surface area contributed by atoms with Gasteiger partial charge in [0.1, 0.15) is 0 Å². The summed E-state index contributed by atoms with van der Waals surface area (Å²) in [6.45, 7) is 6.50. The van der Waals surface area contributed by atoms with E-state index in [-0.39, 0.29) is 18.2 Å². The highest BCUT2D eigenvalue weighted by molar-refractivity contribution is 5.82. The topological polar surface area (TPSA) is 48.1 Å². The average Bonchev–Trinajstić information content (AvgIpc) is 2.71. The van der Waals surface area contributed by atoms with E-state index in [4.69, 9.17) is 10.5 Å². The third-order valence-corrected chi connectivity index (χ3v) is 4.76. The molecule has 3 nitrogen and oxygen atoms in total. The van der Waals surface area contributed by atoms with Gasteiger partial charge < -0.3 is 10.5 Å². The number of nitrogens with two attached hydrogens (primary N) is 1. The van der Waals surface area contributed by atoms with Gasteiger partial charge in [0.15, 0.2) is 0 Å². The number of para-hydroxylation sites is 1. The monoisotopic (exact) mass is 270 g/mol. The van der Waals surface area contributed by atoms with Gasteiger partial charge in [0.05, 0.1) is 17.7 Å². The lowest BCUT2D eigenvalue weighted by Crippen LogP contribution is -2.30. The van der Waals surface area contributed by atoms with Crippen molar-refractivity contribution in [2.75, 3.05) is 0 Å². The molecule has 20 heavy (non-hydrogen) atoms. The van der Waals surface area contributed by atoms with Crippen LogP contribution in [0.4, 0.5) is 0 Å². The van der Waals surface area contributed by atoms with Gasteiger partial charge in [-0.25, -0.2) is 0 Å². The van der Waals surface area contributed by atoms with E-state index < -0.39 is 0 Å². The van der Waals surface area contributed by atoms with E-state index in [0.717, 1.165) is 16.5 Å². The van der Waals surface area contributed by atoms with Crippen LogP contribution in [0.15, 0.2) is 36.5 Å². The fraction of sp³-hybridized carbons (Fsp3) is 0.471. The van der Waals surface area contributed by atoms with E-state index in [1.165, 1.54) is 0 Å². The van der Waals surface area contributed by atoms with Gasteiger partial charge >= 0.3 is 0 Å². The molecule has 0 saturated carbocycles. The zero-order chi connectivity index (χ0) is 14.3. The van der Waals surface area contributed by atoms with Crippen LogP contribution in [0.3, 0.4) is 0 Å². The molecule has 0 aliphatic carbocycles. The Hall–Kier alpha value is -1.45. The lowest BCUT2D eigenvalue weighted by atomic mass is 9.80. The second-order valence-corrected chi connectivity index (χ2v) is 5.93. The number of nitrogens with zero attached hydrogens (tertiary/aromatic N) is 1. The molecular weight excluding hydrogens is 248 g/mol. The maximum Gasteiger partial charge on any atom is 0.0749 e. The molecule has 1 fully saturated rings. The summed E-state index contributed by atoms with van der Waals surface area (Å²) in [6.07, 6.45) is 2.29. The van der Waals surface area contributed by atoms with Crippen molar-refractivity contribution >= 4 is 10.9 Å². The van der Waals surface area contributed by atoms with Crippen molar-refractivity contribution in [3.8, 4) is 0 Å². The molecule has 2 aromatic rings. The SMILES string of the molecule is CC1OC(C)C(C(N)c2cccc3cccnc23)C1C. The molecule has 5 atom stereocenters. The standard InChI is InChI=1S/C17H22N2O/c1-10-11(2)20-12(3)15(10)16(18)14-8-4-6-13-7-5-9-19-17(13)14/h4-12,15-16H,18H2,1-3H3. The molecule has 5 unspecified atom stereocenters. The van der Waals surface area contributed by atoms with Gasteiger partial charge in [0.2, 0.25) is 0 Å². The van der Waals surface area contributed by atoms with Crippen molar-refractivity contribution in [2.45, 2.75) is 39.0 Å². The van der Waals surface area contributed by atoms with Gasteiger partial charge in [0.25, 0.3) is 0 Å². The lowest BCUT2D eigenvalue weighted by Gasteiger charge is -2.26. The third-order valence-electron chi connectivity index (χ3n) is 4.76. The molecule has 0 bridgehead atoms. The van der Waals surface area contributed by atoms with E-state index in [1.807, 2.05) is 12.3 Å². The molecule has 2 heterocycles. The number of fused-ring (bicyclic) bond motifs is 1. The molecule has 2 N–H and O–H groups in total. The second kappa shape index (κ2) is 5.15. The fourth-order valence-corrected chi connectivity index (χ4v) is 3.52. The summed E-state index contributed by atoms with van der Waals surface area (Å²) < 4.78 is 5.94. The molecule has 3 rings (SSSR count). The minimum absolute atomic E-state index is 0.0384. The molecule has 0 amide bonds. The average molecular weight is 270 g/mol. The highest BCUT2D eigenvalue weighted by Gasteiger charge is 2.41. The summed E-state index contributed by atoms with van der Waals surface area (Å²) in [5.41, 5.74) is 8.73. The van der Waals surface area contributed by atoms with Crippen LogP contribution in [-0.4, -0.2) is 17.2 Å². The van der Waals surface area contributed by atoms with Crippen LogP contribution < -0.4 is 5.73 Å². The van der Waals surface area contributed by atoms with Crippen molar-refractivity contribution in [3.63, 3.8) is 0 Å². The fourth-order valence-electron chi connectivity index (χ4n) is 3.52. The summed E-state index contributed by atoms with van der Waals surface area (Å²) in [6, 6.07) is 10.3. The smallest absolute Gasteiger partial charge is 0.0749 e. The number of hydrogen-bond acceptors (Lipinski definition) is 3. The molecule has 1 aliphatic heterocycles. The Labute approximate surface area is 120 Å². The first-order chi connectivity index (χ1) is 9.59. The molecule has 1 aromatic heterocycles. The second-order valence-electron chi connectivity index (χ2n) is 5.93. The van der Waals surface area contributed by atoms with Crippen LogP contribution in [0.2, 0.25) is 0 Å². The Bertz CT molecular complexity index is 607. The molecule has 106 valence electrons. The van der Waals surface area contributed by atoms with Gasteiger partial charge in [-0.1, -0.05) is 31.2 Å². The van der Waals surface area contributed by atoms with Crippen molar-refractivity contribution in [1.82, 2.24) is 4.98 Å². The number of pyridine rings is 1. The first kappa shape index (κ1) is 13.5. The third kappa shape index (κ3) is 2.11. The van der Waals surface area contributed by atoms with Crippen molar-refractivity contribution in [1.29, 1.82) is 0 Å². The van der Waals surface area contributed by atoms with E-state index in [9.17, 15) is 0 Å². The van der Waals surface area contributed by atoms with Gasteiger partial charge in [-0.15, -0.1) is 0 Å². The zero-order valence-corrected chi connectivity index (χ0v) is 12.3. The number of benzene rings is 1. The van der Waals surface area contributed by atoms with Crippen molar-refractivity contribution in [3.05, 3.63) is 42.1 Å². The summed E-state index contributed by atoms with van der Waals surface area (Å²) >= 11 is 0. The van der Waals surface area contributed by atoms with Crippen LogP contribution in [0.1, 0.15) is 32.4 Å². The molecular formula is C17H22N2O. The lowest BCUT2D eigenvalue weighted by molar-refractivity contribution is 0.0490. The number of aromatic nitrogens is 1. The Morgan fingerprint density at radius 1 is 1.10 bits per heavy atom. The summed E-state index contributed by atoms with van der Waals surface area (Å²) in [4.78, 5) is 4.52. The van der Waals surface area contributed by atoms with Gasteiger partial charge in [-0.3, -0.25) is 4.98 Å². The molecule has 0 spiro atoms. The molecule has 3 heteroatoms. The maximum absolute atomic E-state index is 6.59. The summed E-state index contributed by atoms with van der Waals surface area (Å²) in [5.74, 6) is 0.788. The van der Waals surface area contributed by atoms with Crippen LogP contribution in [0, 0.1) is 11.8 Å². The van der Waals surface area contributed by atoms with Crippen LogP contribution in [0.25, 0.3) is 10.9 Å². The minimum atomic E-state index is -0.0384. The molecule has 1 saturated heterocycles. The minimum Gasteiger partial charge on any atom is -0.375 e. The zero-order valence-electron chi connectivity index (χ0n) is 12.3. The predicted octanol–water partition coefficient (Wildman–Crippen LogP) is 3.29. The van der Waals surface area contributed by atoms with Crippen LogP contribution in [-0.2, 0) is 4.74 Å². The van der Waals surface area contributed by atoms with E-state index >= 15 is 0 Å². The first-order valence-electron chi connectivity index (χ1n) is 7.34. The Kier molecular flexibility index (Phi) is 3.48. The van der Waals surface area contributed by atoms with Gasteiger partial charge in [-0.05, 0) is 31.4 Å². The molecule has 1 aliphatic rings. The summed E-state index contributed by atoms with van der Waals surface area (Å²) in [5, 5.41) is 1.15. The van der Waals surface area contributed by atoms with Crippen LogP contribution in [0.5, 0.6) is 0 Å². The van der Waals surface area contributed by atoms with Gasteiger partial charge in [0, 0.05) is 23.5 Å². The van der Waals surface area contributed by atoms with E-state index in [1.54, 1.807) is 0 Å². The molecule has 0 radical (unpaired) electrons. The largest absolute Gasteiger partial charge is 0.375 e. The Morgan fingerprint density at radius 2 is 1.85 bits per heavy atom. The van der Waals surface area contributed by atoms with Crippen molar-refractivity contribution in [2.24, 2.45) is 17.6 Å². The van der Waals surface area contributed by atoms with Crippen molar-refractivity contribution < 1.29 is 4.74 Å². The quantitative estimate of drug-likeness (QED) is 0.911. The maximum atomic E-state index is 6.59. The normalized spacial score (nSPS) is 31.6. The highest BCUT2D eigenvalue weighted by atomic mass is 16.5. The van der Waals surface area contributed by atoms with E-state index in [0.29, 0.717) is 11.8 Å². The van der Waals surface area contributed by atoms with Crippen LogP contribution >= 0.6 is 0 Å². The Balaban J connectivity index is 2.03. The number of hydrogen-bond donors (Lipinski definition) is 1. The first-order valence-corrected chi connectivity index (χ1v) is 7.34. The number of rotatable bonds is 2. The summed E-state index contributed by atoms with van der Waals surface area (Å²) in [7, 11) is 0.